The van der Waals surface area contributed by atoms with Gasteiger partial charge in [-0.15, -0.1) is 0 Å². The predicted molar refractivity (Wildman–Crippen MR) is 105 cm³/mol. The number of aromatic carboxylic acids is 2. The van der Waals surface area contributed by atoms with Crippen molar-refractivity contribution >= 4 is 35.0 Å². The van der Waals surface area contributed by atoms with Crippen molar-refractivity contribution in [2.45, 2.75) is 52.4 Å². The van der Waals surface area contributed by atoms with Gasteiger partial charge >= 0.3 is 23.1 Å². The third kappa shape index (κ3) is 10.2. The Morgan fingerprint density at radius 1 is 0.741 bits per heavy atom. The fourth-order valence-electron chi connectivity index (χ4n) is 2.47. The number of benzene rings is 2. The van der Waals surface area contributed by atoms with E-state index in [-0.39, 0.29) is 34.2 Å². The molecular formula is C22H26MgO4. The zero-order chi connectivity index (χ0) is 19.4. The van der Waals surface area contributed by atoms with Gasteiger partial charge in [-0.25, -0.2) is 0 Å². The molecule has 5 heteroatoms. The monoisotopic (exact) mass is 378 g/mol. The summed E-state index contributed by atoms with van der Waals surface area (Å²) >= 11 is 0. The maximum absolute atomic E-state index is 10.5. The maximum atomic E-state index is 10.5. The maximum Gasteiger partial charge on any atom is 2.00 e. The van der Waals surface area contributed by atoms with Crippen LogP contribution in [0.5, 0.6) is 0 Å². The molecule has 2 aromatic carbocycles. The van der Waals surface area contributed by atoms with E-state index in [1.807, 2.05) is 12.1 Å². The Kier molecular flexibility index (Phi) is 13.3. The van der Waals surface area contributed by atoms with Gasteiger partial charge in [-0.05, 0) is 60.1 Å². The van der Waals surface area contributed by atoms with Gasteiger partial charge in [0.25, 0.3) is 0 Å². The molecule has 4 nitrogen and oxygen atoms in total. The third-order valence-electron chi connectivity index (χ3n) is 3.96. The number of carboxylic acid groups (broad SMARTS) is 2. The van der Waals surface area contributed by atoms with Gasteiger partial charge in [0.15, 0.2) is 0 Å². The van der Waals surface area contributed by atoms with Crippen LogP contribution < -0.4 is 10.2 Å². The number of carbonyl (C=O) groups excluding carboxylic acids is 2. The second kappa shape index (κ2) is 14.2. The van der Waals surface area contributed by atoms with E-state index in [4.69, 9.17) is 0 Å². The van der Waals surface area contributed by atoms with E-state index in [9.17, 15) is 19.8 Å². The minimum atomic E-state index is -1.10. The minimum Gasteiger partial charge on any atom is -0.545 e. The summed E-state index contributed by atoms with van der Waals surface area (Å²) in [7, 11) is 0. The van der Waals surface area contributed by atoms with Crippen LogP contribution in [0.2, 0.25) is 0 Å². The Hall–Kier alpha value is -1.85. The molecule has 0 radical (unpaired) electrons. The average molecular weight is 379 g/mol. The van der Waals surface area contributed by atoms with Crippen molar-refractivity contribution in [3.05, 3.63) is 70.8 Å². The van der Waals surface area contributed by atoms with Crippen molar-refractivity contribution in [2.24, 2.45) is 0 Å². The minimum absolute atomic E-state index is 0. The number of unbranched alkanes of at least 4 members (excludes halogenated alkanes) is 2. The van der Waals surface area contributed by atoms with Crippen molar-refractivity contribution in [1.29, 1.82) is 0 Å². The smallest absolute Gasteiger partial charge is 0.545 e. The number of carbonyl (C=O) groups is 2. The van der Waals surface area contributed by atoms with Gasteiger partial charge in [0, 0.05) is 0 Å². The first-order valence-electron chi connectivity index (χ1n) is 9.08. The Bertz CT molecular complexity index is 651. The molecule has 0 heterocycles. The molecule has 27 heavy (non-hydrogen) atoms. The molecule has 0 amide bonds. The summed E-state index contributed by atoms with van der Waals surface area (Å²) in [5.41, 5.74) is 2.69. The fourth-order valence-corrected chi connectivity index (χ4v) is 2.47. The standard InChI is InChI=1S/2C11H14O2.Mg/c2*1-2-3-5-9-6-4-7-10(8-9)11(12)13;/h2*4,6-8H,2-3,5H2,1H3,(H,12,13);/q;;+2/p-2. The van der Waals surface area contributed by atoms with Crippen LogP contribution in [0.25, 0.3) is 0 Å². The van der Waals surface area contributed by atoms with E-state index in [1.54, 1.807) is 36.4 Å². The molecule has 0 saturated carbocycles. The van der Waals surface area contributed by atoms with Crippen molar-refractivity contribution in [2.75, 3.05) is 0 Å². The first-order valence-corrected chi connectivity index (χ1v) is 9.08. The number of rotatable bonds is 8. The summed E-state index contributed by atoms with van der Waals surface area (Å²) in [6.45, 7) is 4.23. The zero-order valence-corrected chi connectivity index (χ0v) is 17.6. The van der Waals surface area contributed by atoms with E-state index in [2.05, 4.69) is 13.8 Å². The van der Waals surface area contributed by atoms with Crippen molar-refractivity contribution in [1.82, 2.24) is 0 Å². The average Bonchev–Trinajstić information content (AvgIpc) is 2.65. The molecule has 0 bridgehead atoms. The summed E-state index contributed by atoms with van der Waals surface area (Å²) in [6.07, 6.45) is 6.31. The Morgan fingerprint density at radius 3 is 1.41 bits per heavy atom. The molecule has 0 aliphatic carbocycles. The Morgan fingerprint density at radius 2 is 1.11 bits per heavy atom. The molecule has 0 aliphatic rings. The van der Waals surface area contributed by atoms with Crippen LogP contribution in [0.3, 0.4) is 0 Å². The largest absolute Gasteiger partial charge is 2.00 e. The number of hydrogen-bond acceptors (Lipinski definition) is 4. The normalized spacial score (nSPS) is 9.56. The molecule has 2 rings (SSSR count). The van der Waals surface area contributed by atoms with Crippen LogP contribution in [0, 0.1) is 0 Å². The SMILES string of the molecule is CCCCc1cccc(C(=O)[O-])c1.CCCCc1cccc(C(=O)[O-])c1.[Mg+2]. The number of carboxylic acids is 2. The summed E-state index contributed by atoms with van der Waals surface area (Å²) in [4.78, 5) is 21.0. The second-order valence-electron chi connectivity index (χ2n) is 6.18. The molecule has 0 unspecified atom stereocenters. The molecule has 0 aromatic heterocycles. The molecule has 2 aromatic rings. The first kappa shape index (κ1) is 25.1. The van der Waals surface area contributed by atoms with Gasteiger partial charge in [-0.1, -0.05) is 63.1 Å². The van der Waals surface area contributed by atoms with E-state index in [1.165, 1.54) is 0 Å². The van der Waals surface area contributed by atoms with Crippen LogP contribution in [0.1, 0.15) is 71.4 Å². The second-order valence-corrected chi connectivity index (χ2v) is 6.18. The van der Waals surface area contributed by atoms with Gasteiger partial charge in [0.05, 0.1) is 11.9 Å². The molecule has 0 spiro atoms. The van der Waals surface area contributed by atoms with Crippen molar-refractivity contribution < 1.29 is 19.8 Å². The Balaban J connectivity index is 0.000000483. The topological polar surface area (TPSA) is 80.3 Å². The van der Waals surface area contributed by atoms with E-state index in [0.29, 0.717) is 0 Å². The van der Waals surface area contributed by atoms with Gasteiger partial charge < -0.3 is 19.8 Å². The number of aryl methyl sites for hydroxylation is 2. The summed E-state index contributed by atoms with van der Waals surface area (Å²) in [5.74, 6) is -2.20. The molecule has 140 valence electrons. The fraction of sp³-hybridized carbons (Fsp3) is 0.364. The van der Waals surface area contributed by atoms with Crippen LogP contribution in [-0.4, -0.2) is 35.0 Å². The predicted octanol–water partition coefficient (Wildman–Crippen LogP) is 2.40. The number of hydrogen-bond donors (Lipinski definition) is 0. The van der Waals surface area contributed by atoms with Gasteiger partial charge in [-0.3, -0.25) is 0 Å². The molecular weight excluding hydrogens is 353 g/mol. The van der Waals surface area contributed by atoms with E-state index < -0.39 is 11.9 Å². The molecule has 0 saturated heterocycles. The van der Waals surface area contributed by atoms with Gasteiger partial charge in [-0.2, -0.15) is 0 Å². The van der Waals surface area contributed by atoms with Crippen LogP contribution in [0.4, 0.5) is 0 Å². The summed E-state index contributed by atoms with van der Waals surface area (Å²) in [5, 5.41) is 21.0. The third-order valence-corrected chi connectivity index (χ3v) is 3.96. The summed E-state index contributed by atoms with van der Waals surface area (Å²) in [6, 6.07) is 13.9. The van der Waals surface area contributed by atoms with E-state index in [0.717, 1.165) is 49.7 Å². The van der Waals surface area contributed by atoms with Crippen LogP contribution in [0.15, 0.2) is 48.5 Å². The van der Waals surface area contributed by atoms with Crippen molar-refractivity contribution in [3.8, 4) is 0 Å². The first-order chi connectivity index (χ1) is 12.5. The van der Waals surface area contributed by atoms with Crippen molar-refractivity contribution in [3.63, 3.8) is 0 Å². The van der Waals surface area contributed by atoms with Crippen LogP contribution >= 0.6 is 0 Å². The molecule has 0 fully saturated rings. The van der Waals surface area contributed by atoms with Gasteiger partial charge in [0.2, 0.25) is 0 Å². The zero-order valence-electron chi connectivity index (χ0n) is 16.2. The van der Waals surface area contributed by atoms with Crippen LogP contribution in [-0.2, 0) is 12.8 Å². The van der Waals surface area contributed by atoms with Gasteiger partial charge in [0.1, 0.15) is 0 Å². The summed E-state index contributed by atoms with van der Waals surface area (Å²) < 4.78 is 0. The quantitative estimate of drug-likeness (QED) is 0.661. The molecule has 0 N–H and O–H groups in total. The van der Waals surface area contributed by atoms with E-state index >= 15 is 0 Å². The molecule has 0 atom stereocenters. The Labute approximate surface area is 177 Å². The molecule has 0 aliphatic heterocycles.